The summed E-state index contributed by atoms with van der Waals surface area (Å²) in [7, 11) is 1.68. The topological polar surface area (TPSA) is 47.9 Å². The molecule has 0 spiro atoms. The van der Waals surface area contributed by atoms with E-state index in [9.17, 15) is 0 Å². The van der Waals surface area contributed by atoms with E-state index < -0.39 is 0 Å². The number of hydrogen-bond acceptors (Lipinski definition) is 4. The van der Waals surface area contributed by atoms with Crippen LogP contribution < -0.4 is 4.74 Å². The number of methoxy groups -OCH3 is 1. The zero-order valence-corrected chi connectivity index (χ0v) is 11.8. The molecule has 4 rings (SSSR count). The van der Waals surface area contributed by atoms with Crippen LogP contribution in [0.2, 0.25) is 0 Å². The Hall–Kier alpha value is -2.75. The fourth-order valence-corrected chi connectivity index (χ4v) is 2.80. The first kappa shape index (κ1) is 12.0. The molecule has 2 aromatic carbocycles. The molecule has 0 aliphatic rings. The maximum absolute atomic E-state index is 5.57. The maximum Gasteiger partial charge on any atom is 0.133 e. The zero-order chi connectivity index (χ0) is 14.4. The van der Waals surface area contributed by atoms with Gasteiger partial charge in [0.05, 0.1) is 29.2 Å². The van der Waals surface area contributed by atoms with Gasteiger partial charge in [0.2, 0.25) is 0 Å². The number of hydrogen-bond donors (Lipinski definition) is 0. The highest BCUT2D eigenvalue weighted by molar-refractivity contribution is 6.10. The van der Waals surface area contributed by atoms with Gasteiger partial charge in [0, 0.05) is 28.7 Å². The lowest BCUT2D eigenvalue weighted by molar-refractivity contribution is 0.417. The predicted octanol–water partition coefficient (Wildman–Crippen LogP) is 3.65. The van der Waals surface area contributed by atoms with E-state index in [-0.39, 0.29) is 0 Å². The Morgan fingerprint density at radius 2 is 1.62 bits per heavy atom. The summed E-state index contributed by atoms with van der Waals surface area (Å²) in [5.41, 5.74) is 4.55. The van der Waals surface area contributed by atoms with E-state index in [1.807, 2.05) is 43.5 Å². The van der Waals surface area contributed by atoms with Crippen LogP contribution in [-0.2, 0) is 0 Å². The van der Waals surface area contributed by atoms with Gasteiger partial charge in [-0.2, -0.15) is 0 Å². The molecule has 0 saturated heterocycles. The van der Waals surface area contributed by atoms with Crippen LogP contribution in [0.25, 0.3) is 32.8 Å². The van der Waals surface area contributed by atoms with Crippen LogP contribution >= 0.6 is 0 Å². The van der Waals surface area contributed by atoms with Gasteiger partial charge in [0.25, 0.3) is 0 Å². The molecule has 0 saturated carbocycles. The minimum atomic E-state index is 0.815. The Morgan fingerprint density at radius 1 is 0.905 bits per heavy atom. The average Bonchev–Trinajstić information content (AvgIpc) is 2.54. The van der Waals surface area contributed by atoms with Crippen molar-refractivity contribution in [1.82, 2.24) is 15.0 Å². The summed E-state index contributed by atoms with van der Waals surface area (Å²) in [6.07, 6.45) is 3.59. The number of benzene rings is 2. The number of rotatable bonds is 1. The van der Waals surface area contributed by atoms with Crippen LogP contribution in [0.5, 0.6) is 5.75 Å². The number of ether oxygens (including phenoxy) is 1. The molecular formula is C17H13N3O. The fourth-order valence-electron chi connectivity index (χ4n) is 2.80. The highest BCUT2D eigenvalue weighted by Gasteiger charge is 2.15. The van der Waals surface area contributed by atoms with Crippen molar-refractivity contribution in [2.75, 3.05) is 7.11 Å². The second-order valence-corrected chi connectivity index (χ2v) is 4.99. The Kier molecular flexibility index (Phi) is 2.51. The van der Waals surface area contributed by atoms with Gasteiger partial charge in [-0.3, -0.25) is 4.98 Å². The lowest BCUT2D eigenvalue weighted by atomic mass is 10.0. The van der Waals surface area contributed by atoms with Crippen LogP contribution in [0.4, 0.5) is 0 Å². The van der Waals surface area contributed by atoms with E-state index in [1.165, 1.54) is 0 Å². The lowest BCUT2D eigenvalue weighted by Gasteiger charge is -2.12. The molecule has 21 heavy (non-hydrogen) atoms. The van der Waals surface area contributed by atoms with E-state index in [0.717, 1.165) is 44.2 Å². The van der Waals surface area contributed by atoms with Crippen LogP contribution in [-0.4, -0.2) is 22.1 Å². The number of fused-ring (bicyclic) bond motifs is 4. The van der Waals surface area contributed by atoms with Crippen LogP contribution in [0, 0.1) is 6.92 Å². The number of aromatic nitrogens is 3. The van der Waals surface area contributed by atoms with Crippen molar-refractivity contribution in [2.45, 2.75) is 6.92 Å². The summed E-state index contributed by atoms with van der Waals surface area (Å²) in [5.74, 6) is 0.815. The summed E-state index contributed by atoms with van der Waals surface area (Å²) in [6.45, 7) is 2.01. The number of aryl methyl sites for hydroxylation is 1. The van der Waals surface area contributed by atoms with Crippen LogP contribution in [0.3, 0.4) is 0 Å². The van der Waals surface area contributed by atoms with Gasteiger partial charge in [-0.1, -0.05) is 12.1 Å². The molecule has 4 nitrogen and oxygen atoms in total. The highest BCUT2D eigenvalue weighted by Crippen LogP contribution is 2.35. The molecule has 0 amide bonds. The number of para-hydroxylation sites is 2. The summed E-state index contributed by atoms with van der Waals surface area (Å²) < 4.78 is 5.57. The summed E-state index contributed by atoms with van der Waals surface area (Å²) in [4.78, 5) is 13.8. The van der Waals surface area contributed by atoms with Gasteiger partial charge in [-0.05, 0) is 25.1 Å². The predicted molar refractivity (Wildman–Crippen MR) is 83.6 cm³/mol. The number of nitrogens with zero attached hydrogens (tertiary/aromatic N) is 3. The average molecular weight is 275 g/mol. The lowest BCUT2D eigenvalue weighted by Crippen LogP contribution is -1.96. The normalized spacial score (nSPS) is 11.3. The maximum atomic E-state index is 5.57. The molecule has 0 bridgehead atoms. The van der Waals surface area contributed by atoms with E-state index in [0.29, 0.717) is 0 Å². The van der Waals surface area contributed by atoms with Crippen molar-refractivity contribution in [3.05, 3.63) is 48.3 Å². The van der Waals surface area contributed by atoms with E-state index in [2.05, 4.69) is 4.98 Å². The smallest absolute Gasteiger partial charge is 0.133 e. The molecule has 0 fully saturated rings. The number of pyridine rings is 1. The Balaban J connectivity index is 2.31. The first-order chi connectivity index (χ1) is 10.3. The van der Waals surface area contributed by atoms with Crippen LogP contribution in [0.1, 0.15) is 5.56 Å². The molecular weight excluding hydrogens is 262 g/mol. The summed E-state index contributed by atoms with van der Waals surface area (Å²) in [5, 5.41) is 1.98. The molecule has 4 heteroatoms. The Morgan fingerprint density at radius 3 is 2.33 bits per heavy atom. The Bertz CT molecular complexity index is 995. The third kappa shape index (κ3) is 1.65. The minimum absolute atomic E-state index is 0.815. The first-order valence-electron chi connectivity index (χ1n) is 6.76. The molecule has 4 aromatic rings. The fraction of sp³-hybridized carbons (Fsp3) is 0.118. The third-order valence-electron chi connectivity index (χ3n) is 3.79. The van der Waals surface area contributed by atoms with Crippen molar-refractivity contribution in [3.63, 3.8) is 0 Å². The Labute approximate surface area is 121 Å². The first-order valence-corrected chi connectivity index (χ1v) is 6.76. The standard InChI is InChI=1S/C17H13N3O/c1-10-15-16(20-14-6-4-3-5-13(14)19-15)11-7-8-18-9-12(11)17(10)21-2/h3-9H,1-2H3. The molecule has 102 valence electrons. The molecule has 0 N–H and O–H groups in total. The summed E-state index contributed by atoms with van der Waals surface area (Å²) >= 11 is 0. The summed E-state index contributed by atoms with van der Waals surface area (Å²) in [6, 6.07) is 9.87. The van der Waals surface area contributed by atoms with Gasteiger partial charge in [0.1, 0.15) is 5.75 Å². The quantitative estimate of drug-likeness (QED) is 0.393. The van der Waals surface area contributed by atoms with Gasteiger partial charge in [0.15, 0.2) is 0 Å². The second kappa shape index (κ2) is 4.38. The van der Waals surface area contributed by atoms with Gasteiger partial charge >= 0.3 is 0 Å². The van der Waals surface area contributed by atoms with E-state index in [4.69, 9.17) is 14.7 Å². The van der Waals surface area contributed by atoms with Crippen LogP contribution in [0.15, 0.2) is 42.7 Å². The van der Waals surface area contributed by atoms with Gasteiger partial charge in [-0.15, -0.1) is 0 Å². The van der Waals surface area contributed by atoms with Gasteiger partial charge < -0.3 is 4.74 Å². The molecule has 0 aliphatic carbocycles. The van der Waals surface area contributed by atoms with Crippen molar-refractivity contribution in [1.29, 1.82) is 0 Å². The minimum Gasteiger partial charge on any atom is -0.496 e. The molecule has 0 radical (unpaired) electrons. The molecule has 2 aromatic heterocycles. The monoisotopic (exact) mass is 275 g/mol. The second-order valence-electron chi connectivity index (χ2n) is 4.99. The molecule has 2 heterocycles. The molecule has 0 unspecified atom stereocenters. The van der Waals surface area contributed by atoms with E-state index in [1.54, 1.807) is 13.3 Å². The zero-order valence-electron chi connectivity index (χ0n) is 11.8. The van der Waals surface area contributed by atoms with Gasteiger partial charge in [-0.25, -0.2) is 9.97 Å². The van der Waals surface area contributed by atoms with Crippen molar-refractivity contribution in [2.24, 2.45) is 0 Å². The molecule has 0 aliphatic heterocycles. The van der Waals surface area contributed by atoms with Crippen molar-refractivity contribution in [3.8, 4) is 5.75 Å². The van der Waals surface area contributed by atoms with E-state index >= 15 is 0 Å². The highest BCUT2D eigenvalue weighted by atomic mass is 16.5. The van der Waals surface area contributed by atoms with Crippen molar-refractivity contribution >= 4 is 32.8 Å². The van der Waals surface area contributed by atoms with Crippen molar-refractivity contribution < 1.29 is 4.74 Å². The third-order valence-corrected chi connectivity index (χ3v) is 3.79. The largest absolute Gasteiger partial charge is 0.496 e. The molecule has 0 atom stereocenters. The SMILES string of the molecule is COc1c(C)c2nc3ccccc3nc2c2ccncc12.